The lowest BCUT2D eigenvalue weighted by molar-refractivity contribution is 0.231. The number of aliphatic hydroxyl groups excluding tert-OH is 1. The SMILES string of the molecule is C=CCS(=O)(=O)C1Oc2ccccc2C=C1O. The van der Waals surface area contributed by atoms with E-state index >= 15 is 0 Å². The number of para-hydroxylation sites is 1. The van der Waals surface area contributed by atoms with Crippen molar-refractivity contribution in [2.45, 2.75) is 5.44 Å². The Hall–Kier alpha value is -1.75. The van der Waals surface area contributed by atoms with Gasteiger partial charge in [-0.25, -0.2) is 8.42 Å². The summed E-state index contributed by atoms with van der Waals surface area (Å²) in [5.41, 5.74) is -0.676. The highest BCUT2D eigenvalue weighted by Crippen LogP contribution is 2.30. The van der Waals surface area contributed by atoms with E-state index in [9.17, 15) is 13.5 Å². The third-order valence-corrected chi connectivity index (χ3v) is 4.06. The summed E-state index contributed by atoms with van der Waals surface area (Å²) in [6.07, 6.45) is 2.68. The summed E-state index contributed by atoms with van der Waals surface area (Å²) in [7, 11) is -3.58. The second-order valence-corrected chi connectivity index (χ2v) is 5.76. The number of hydrogen-bond acceptors (Lipinski definition) is 4. The Bertz CT molecular complexity index is 572. The molecule has 0 spiro atoms. The molecule has 1 aliphatic rings. The first kappa shape index (κ1) is 11.7. The van der Waals surface area contributed by atoms with Crippen LogP contribution in [0, 0.1) is 0 Å². The summed E-state index contributed by atoms with van der Waals surface area (Å²) in [5.74, 6) is -0.0916. The number of benzene rings is 1. The highest BCUT2D eigenvalue weighted by atomic mass is 32.2. The molecule has 1 unspecified atom stereocenters. The number of aliphatic hydroxyl groups is 1. The molecule has 1 aliphatic heterocycles. The van der Waals surface area contributed by atoms with Crippen molar-refractivity contribution in [2.75, 3.05) is 5.75 Å². The van der Waals surface area contributed by atoms with E-state index in [1.807, 2.05) is 0 Å². The van der Waals surface area contributed by atoms with Crippen LogP contribution in [0.4, 0.5) is 0 Å². The minimum atomic E-state index is -3.58. The van der Waals surface area contributed by atoms with Crippen molar-refractivity contribution in [1.82, 2.24) is 0 Å². The molecule has 90 valence electrons. The van der Waals surface area contributed by atoms with Crippen LogP contribution in [0.2, 0.25) is 0 Å². The third-order valence-electron chi connectivity index (χ3n) is 2.37. The van der Waals surface area contributed by atoms with Gasteiger partial charge in [0, 0.05) is 5.56 Å². The summed E-state index contributed by atoms with van der Waals surface area (Å²) in [4.78, 5) is 0. The molecule has 0 bridgehead atoms. The van der Waals surface area contributed by atoms with Crippen molar-refractivity contribution in [3.8, 4) is 5.75 Å². The fourth-order valence-corrected chi connectivity index (χ4v) is 2.81. The van der Waals surface area contributed by atoms with Crippen LogP contribution in [-0.2, 0) is 9.84 Å². The highest BCUT2D eigenvalue weighted by molar-refractivity contribution is 7.92. The van der Waals surface area contributed by atoms with E-state index in [0.29, 0.717) is 11.3 Å². The summed E-state index contributed by atoms with van der Waals surface area (Å²) in [5, 5.41) is 9.70. The topological polar surface area (TPSA) is 63.6 Å². The summed E-state index contributed by atoms with van der Waals surface area (Å²) >= 11 is 0. The maximum atomic E-state index is 11.8. The zero-order valence-electron chi connectivity index (χ0n) is 9.04. The van der Waals surface area contributed by atoms with Gasteiger partial charge in [0.25, 0.3) is 5.44 Å². The minimum absolute atomic E-state index is 0.238. The molecule has 0 amide bonds. The van der Waals surface area contributed by atoms with Crippen molar-refractivity contribution in [3.05, 3.63) is 48.2 Å². The van der Waals surface area contributed by atoms with E-state index in [4.69, 9.17) is 4.74 Å². The van der Waals surface area contributed by atoms with Gasteiger partial charge >= 0.3 is 0 Å². The smallest absolute Gasteiger partial charge is 0.255 e. The molecule has 1 N–H and O–H groups in total. The largest absolute Gasteiger partial charge is 0.507 e. The Balaban J connectivity index is 2.41. The Morgan fingerprint density at radius 3 is 2.82 bits per heavy atom. The Morgan fingerprint density at radius 1 is 1.41 bits per heavy atom. The Kier molecular flexibility index (Phi) is 2.93. The second-order valence-electron chi connectivity index (χ2n) is 3.68. The van der Waals surface area contributed by atoms with Crippen LogP contribution in [0.25, 0.3) is 6.08 Å². The predicted octanol–water partition coefficient (Wildman–Crippen LogP) is 1.90. The molecule has 5 heteroatoms. The fourth-order valence-electron chi connectivity index (χ4n) is 1.62. The number of ether oxygens (including phenoxy) is 1. The molecular weight excluding hydrogens is 240 g/mol. The highest BCUT2D eigenvalue weighted by Gasteiger charge is 2.33. The standard InChI is InChI=1S/C12H12O4S/c1-2-7-17(14,15)12-10(13)8-9-5-3-4-6-11(9)16-12/h2-6,8,12-13H,1,7H2. The molecule has 0 aromatic heterocycles. The molecule has 1 heterocycles. The van der Waals surface area contributed by atoms with Gasteiger partial charge in [-0.1, -0.05) is 24.3 Å². The van der Waals surface area contributed by atoms with E-state index in [1.54, 1.807) is 24.3 Å². The van der Waals surface area contributed by atoms with Gasteiger partial charge in [-0.15, -0.1) is 6.58 Å². The number of hydrogen-bond donors (Lipinski definition) is 1. The molecule has 0 aliphatic carbocycles. The maximum absolute atomic E-state index is 11.8. The second kappa shape index (κ2) is 4.25. The van der Waals surface area contributed by atoms with E-state index in [2.05, 4.69) is 6.58 Å². The van der Waals surface area contributed by atoms with Crippen molar-refractivity contribution in [1.29, 1.82) is 0 Å². The van der Waals surface area contributed by atoms with Crippen LogP contribution < -0.4 is 4.74 Å². The summed E-state index contributed by atoms with van der Waals surface area (Å²) in [6, 6.07) is 6.92. The molecule has 17 heavy (non-hydrogen) atoms. The molecule has 1 atom stereocenters. The normalized spacial score (nSPS) is 18.8. The average molecular weight is 252 g/mol. The quantitative estimate of drug-likeness (QED) is 0.834. The van der Waals surface area contributed by atoms with Crippen LogP contribution in [0.3, 0.4) is 0 Å². The number of fused-ring (bicyclic) bond motifs is 1. The number of rotatable bonds is 3. The van der Waals surface area contributed by atoms with Crippen molar-refractivity contribution >= 4 is 15.9 Å². The van der Waals surface area contributed by atoms with E-state index < -0.39 is 15.3 Å². The van der Waals surface area contributed by atoms with Gasteiger partial charge in [-0.05, 0) is 12.1 Å². The maximum Gasteiger partial charge on any atom is 0.255 e. The molecule has 2 rings (SSSR count). The summed E-state index contributed by atoms with van der Waals surface area (Å²) < 4.78 is 28.9. The van der Waals surface area contributed by atoms with Crippen molar-refractivity contribution in [2.24, 2.45) is 0 Å². The molecule has 4 nitrogen and oxygen atoms in total. The lowest BCUT2D eigenvalue weighted by Gasteiger charge is -2.23. The van der Waals surface area contributed by atoms with Crippen LogP contribution in [0.1, 0.15) is 5.56 Å². The van der Waals surface area contributed by atoms with Gasteiger partial charge < -0.3 is 9.84 Å². The molecule has 1 aromatic rings. The zero-order chi connectivity index (χ0) is 12.5. The average Bonchev–Trinajstić information content (AvgIpc) is 2.27. The first-order chi connectivity index (χ1) is 8.04. The zero-order valence-corrected chi connectivity index (χ0v) is 9.85. The van der Waals surface area contributed by atoms with Gasteiger partial charge in [0.15, 0.2) is 9.84 Å². The lowest BCUT2D eigenvalue weighted by Crippen LogP contribution is -2.33. The van der Waals surface area contributed by atoms with Crippen LogP contribution in [-0.4, -0.2) is 24.7 Å². The van der Waals surface area contributed by atoms with E-state index in [-0.39, 0.29) is 11.5 Å². The Morgan fingerprint density at radius 2 is 2.12 bits per heavy atom. The minimum Gasteiger partial charge on any atom is -0.507 e. The monoisotopic (exact) mass is 252 g/mol. The number of sulfone groups is 1. The van der Waals surface area contributed by atoms with Crippen LogP contribution in [0.15, 0.2) is 42.7 Å². The first-order valence-electron chi connectivity index (χ1n) is 5.03. The van der Waals surface area contributed by atoms with Crippen molar-refractivity contribution in [3.63, 3.8) is 0 Å². The summed E-state index contributed by atoms with van der Waals surface area (Å²) in [6.45, 7) is 3.37. The van der Waals surface area contributed by atoms with Crippen molar-refractivity contribution < 1.29 is 18.3 Å². The molecule has 0 fully saturated rings. The lowest BCUT2D eigenvalue weighted by atomic mass is 10.1. The molecule has 0 saturated heterocycles. The van der Waals surface area contributed by atoms with Crippen LogP contribution in [0.5, 0.6) is 5.75 Å². The molecule has 0 saturated carbocycles. The van der Waals surface area contributed by atoms with Crippen LogP contribution >= 0.6 is 0 Å². The first-order valence-corrected chi connectivity index (χ1v) is 6.75. The van der Waals surface area contributed by atoms with Gasteiger partial charge in [-0.3, -0.25) is 0 Å². The molecule has 0 radical (unpaired) electrons. The Labute approximate surface area is 99.8 Å². The predicted molar refractivity (Wildman–Crippen MR) is 65.4 cm³/mol. The van der Waals surface area contributed by atoms with Gasteiger partial charge in [0.2, 0.25) is 0 Å². The van der Waals surface area contributed by atoms with E-state index in [0.717, 1.165) is 0 Å². The molecular formula is C12H12O4S. The van der Waals surface area contributed by atoms with Gasteiger partial charge in [0.1, 0.15) is 11.5 Å². The van der Waals surface area contributed by atoms with E-state index in [1.165, 1.54) is 12.2 Å². The van der Waals surface area contributed by atoms with Gasteiger partial charge in [-0.2, -0.15) is 0 Å². The third kappa shape index (κ3) is 2.19. The fraction of sp³-hybridized carbons (Fsp3) is 0.167. The van der Waals surface area contributed by atoms with Gasteiger partial charge in [0.05, 0.1) is 5.75 Å². The molecule has 1 aromatic carbocycles.